The third-order valence-electron chi connectivity index (χ3n) is 3.42. The number of rotatable bonds is 3. The zero-order valence-corrected chi connectivity index (χ0v) is 11.3. The zero-order chi connectivity index (χ0) is 14.7. The van der Waals surface area contributed by atoms with Crippen LogP contribution in [0, 0.1) is 5.82 Å². The number of carboxylic acid groups (broad SMARTS) is 1. The van der Waals surface area contributed by atoms with E-state index in [-0.39, 0.29) is 18.4 Å². The number of hydrogen-bond acceptors (Lipinski definition) is 2. The van der Waals surface area contributed by atoms with E-state index >= 15 is 0 Å². The Morgan fingerprint density at radius 3 is 2.90 bits per heavy atom. The Morgan fingerprint density at radius 2 is 2.25 bits per heavy atom. The van der Waals surface area contributed by atoms with E-state index in [1.165, 1.54) is 21.9 Å². The molecule has 1 aliphatic rings. The van der Waals surface area contributed by atoms with E-state index in [0.717, 1.165) is 0 Å². The quantitative estimate of drug-likeness (QED) is 0.920. The molecular formula is C14H17FN2O3. The molecule has 6 heteroatoms. The Hall–Kier alpha value is -2.11. The zero-order valence-electron chi connectivity index (χ0n) is 11.3. The predicted molar refractivity (Wildman–Crippen MR) is 70.6 cm³/mol. The first-order valence-corrected chi connectivity index (χ1v) is 6.48. The normalized spacial score (nSPS) is 18.1. The monoisotopic (exact) mass is 280 g/mol. The first-order chi connectivity index (χ1) is 9.49. The minimum Gasteiger partial charge on any atom is -0.480 e. The van der Waals surface area contributed by atoms with Gasteiger partial charge in [0.1, 0.15) is 11.9 Å². The van der Waals surface area contributed by atoms with Gasteiger partial charge in [-0.1, -0.05) is 12.1 Å². The van der Waals surface area contributed by atoms with Crippen LogP contribution in [0.3, 0.4) is 0 Å². The summed E-state index contributed by atoms with van der Waals surface area (Å²) < 4.78 is 13.1. The van der Waals surface area contributed by atoms with Gasteiger partial charge >= 0.3 is 12.0 Å². The highest BCUT2D eigenvalue weighted by Gasteiger charge is 2.35. The summed E-state index contributed by atoms with van der Waals surface area (Å²) >= 11 is 0. The second-order valence-electron chi connectivity index (χ2n) is 4.96. The number of carboxylic acids is 1. The van der Waals surface area contributed by atoms with Crippen LogP contribution in [-0.2, 0) is 11.3 Å². The van der Waals surface area contributed by atoms with E-state index in [4.69, 9.17) is 5.11 Å². The number of benzene rings is 1. The molecule has 0 aromatic heterocycles. The maximum atomic E-state index is 13.1. The molecule has 1 N–H and O–H groups in total. The van der Waals surface area contributed by atoms with E-state index in [0.29, 0.717) is 24.9 Å². The SMILES string of the molecule is CN(Cc1cccc(F)c1)C(=O)N1CCCC1C(=O)O. The van der Waals surface area contributed by atoms with Crippen LogP contribution in [0.4, 0.5) is 9.18 Å². The van der Waals surface area contributed by atoms with Gasteiger partial charge in [-0.25, -0.2) is 14.0 Å². The number of carbonyl (C=O) groups excluding carboxylic acids is 1. The molecule has 0 spiro atoms. The van der Waals surface area contributed by atoms with E-state index in [1.54, 1.807) is 19.2 Å². The first-order valence-electron chi connectivity index (χ1n) is 6.48. The van der Waals surface area contributed by atoms with E-state index in [9.17, 15) is 14.0 Å². The molecule has 0 aliphatic carbocycles. The number of hydrogen-bond donors (Lipinski definition) is 1. The van der Waals surface area contributed by atoms with Gasteiger partial charge < -0.3 is 14.9 Å². The molecular weight excluding hydrogens is 263 g/mol. The molecule has 108 valence electrons. The average Bonchev–Trinajstić information content (AvgIpc) is 2.87. The van der Waals surface area contributed by atoms with Crippen molar-refractivity contribution in [1.82, 2.24) is 9.80 Å². The summed E-state index contributed by atoms with van der Waals surface area (Å²) in [6.45, 7) is 0.697. The third kappa shape index (κ3) is 3.07. The van der Waals surface area contributed by atoms with Gasteiger partial charge in [-0.3, -0.25) is 0 Å². The lowest BCUT2D eigenvalue weighted by molar-refractivity contribution is -0.141. The summed E-state index contributed by atoms with van der Waals surface area (Å²) in [5, 5.41) is 9.08. The molecule has 0 saturated carbocycles. The molecule has 1 heterocycles. The standard InChI is InChI=1S/C14H17FN2O3/c1-16(9-10-4-2-5-11(15)8-10)14(20)17-7-3-6-12(17)13(18)19/h2,4-5,8,12H,3,6-7,9H2,1H3,(H,18,19). The topological polar surface area (TPSA) is 60.9 Å². The van der Waals surface area contributed by atoms with Gasteiger partial charge in [0.05, 0.1) is 0 Å². The third-order valence-corrected chi connectivity index (χ3v) is 3.42. The molecule has 0 radical (unpaired) electrons. The summed E-state index contributed by atoms with van der Waals surface area (Å²) in [5.41, 5.74) is 0.673. The molecule has 1 aromatic carbocycles. The fraction of sp³-hybridized carbons (Fsp3) is 0.429. The lowest BCUT2D eigenvalue weighted by Gasteiger charge is -2.27. The number of halogens is 1. The number of likely N-dealkylation sites (tertiary alicyclic amines) is 1. The van der Waals surface area contributed by atoms with Crippen molar-refractivity contribution in [3.05, 3.63) is 35.6 Å². The van der Waals surface area contributed by atoms with Crippen molar-refractivity contribution in [2.45, 2.75) is 25.4 Å². The first kappa shape index (κ1) is 14.3. The van der Waals surface area contributed by atoms with Crippen LogP contribution in [0.2, 0.25) is 0 Å². The Morgan fingerprint density at radius 1 is 1.50 bits per heavy atom. The summed E-state index contributed by atoms with van der Waals surface area (Å²) in [6, 6.07) is 4.93. The van der Waals surface area contributed by atoms with Gasteiger partial charge in [0.15, 0.2) is 0 Å². The minimum atomic E-state index is -0.977. The maximum absolute atomic E-state index is 13.1. The Balaban J connectivity index is 2.03. The number of nitrogens with zero attached hydrogens (tertiary/aromatic N) is 2. The van der Waals surface area contributed by atoms with E-state index in [1.807, 2.05) is 0 Å². The highest BCUT2D eigenvalue weighted by atomic mass is 19.1. The van der Waals surface area contributed by atoms with Crippen molar-refractivity contribution in [3.8, 4) is 0 Å². The molecule has 1 unspecified atom stereocenters. The molecule has 1 atom stereocenters. The van der Waals surface area contributed by atoms with E-state index < -0.39 is 12.0 Å². The van der Waals surface area contributed by atoms with Crippen LogP contribution in [0.25, 0.3) is 0 Å². The molecule has 1 aromatic rings. The van der Waals surface area contributed by atoms with Crippen LogP contribution in [-0.4, -0.2) is 46.5 Å². The summed E-state index contributed by atoms with van der Waals surface area (Å²) in [5.74, 6) is -1.33. The second kappa shape index (κ2) is 5.90. The Labute approximate surface area is 116 Å². The molecule has 2 rings (SSSR count). The molecule has 1 fully saturated rings. The van der Waals surface area contributed by atoms with Gasteiger partial charge in [0, 0.05) is 20.1 Å². The van der Waals surface area contributed by atoms with Gasteiger partial charge in [-0.2, -0.15) is 0 Å². The van der Waals surface area contributed by atoms with E-state index in [2.05, 4.69) is 0 Å². The molecule has 2 amide bonds. The number of aliphatic carboxylic acids is 1. The van der Waals surface area contributed by atoms with Crippen molar-refractivity contribution in [1.29, 1.82) is 0 Å². The Kier molecular flexibility index (Phi) is 4.22. The van der Waals surface area contributed by atoms with Crippen LogP contribution in [0.1, 0.15) is 18.4 Å². The maximum Gasteiger partial charge on any atom is 0.326 e. The highest BCUT2D eigenvalue weighted by Crippen LogP contribution is 2.19. The average molecular weight is 280 g/mol. The van der Waals surface area contributed by atoms with Crippen LogP contribution in [0.5, 0.6) is 0 Å². The molecule has 1 saturated heterocycles. The fourth-order valence-corrected chi connectivity index (χ4v) is 2.45. The van der Waals surface area contributed by atoms with Gasteiger partial charge in [0.2, 0.25) is 0 Å². The summed E-state index contributed by atoms with van der Waals surface area (Å²) in [6.07, 6.45) is 1.17. The number of urea groups is 1. The van der Waals surface area contributed by atoms with Gasteiger partial charge in [-0.15, -0.1) is 0 Å². The second-order valence-corrected chi connectivity index (χ2v) is 4.96. The van der Waals surface area contributed by atoms with Crippen LogP contribution >= 0.6 is 0 Å². The lowest BCUT2D eigenvalue weighted by atomic mass is 10.2. The lowest BCUT2D eigenvalue weighted by Crippen LogP contribution is -2.46. The van der Waals surface area contributed by atoms with Gasteiger partial charge in [0.25, 0.3) is 0 Å². The van der Waals surface area contributed by atoms with Gasteiger partial charge in [-0.05, 0) is 30.5 Å². The van der Waals surface area contributed by atoms with Crippen molar-refractivity contribution in [3.63, 3.8) is 0 Å². The summed E-state index contributed by atoms with van der Waals surface area (Å²) in [7, 11) is 1.59. The predicted octanol–water partition coefficient (Wildman–Crippen LogP) is 1.93. The van der Waals surface area contributed by atoms with Crippen LogP contribution in [0.15, 0.2) is 24.3 Å². The minimum absolute atomic E-state index is 0.249. The fourth-order valence-electron chi connectivity index (χ4n) is 2.45. The van der Waals surface area contributed by atoms with Crippen molar-refractivity contribution < 1.29 is 19.1 Å². The number of carbonyl (C=O) groups is 2. The highest BCUT2D eigenvalue weighted by molar-refractivity contribution is 5.83. The summed E-state index contributed by atoms with van der Waals surface area (Å²) in [4.78, 5) is 26.1. The molecule has 20 heavy (non-hydrogen) atoms. The molecule has 5 nitrogen and oxygen atoms in total. The van der Waals surface area contributed by atoms with Crippen molar-refractivity contribution in [2.24, 2.45) is 0 Å². The molecule has 1 aliphatic heterocycles. The number of amides is 2. The molecule has 0 bridgehead atoms. The smallest absolute Gasteiger partial charge is 0.326 e. The largest absolute Gasteiger partial charge is 0.480 e. The van der Waals surface area contributed by atoms with Crippen molar-refractivity contribution >= 4 is 12.0 Å². The van der Waals surface area contributed by atoms with Crippen molar-refractivity contribution in [2.75, 3.05) is 13.6 Å². The van der Waals surface area contributed by atoms with Crippen LogP contribution < -0.4 is 0 Å². The Bertz CT molecular complexity index is 521.